The van der Waals surface area contributed by atoms with Gasteiger partial charge in [-0.15, -0.1) is 0 Å². The lowest BCUT2D eigenvalue weighted by Crippen LogP contribution is -2.10. The van der Waals surface area contributed by atoms with Crippen LogP contribution in [0.4, 0.5) is 0 Å². The van der Waals surface area contributed by atoms with Crippen molar-refractivity contribution in [3.05, 3.63) is 0 Å². The van der Waals surface area contributed by atoms with Crippen LogP contribution in [0.5, 0.6) is 0 Å². The van der Waals surface area contributed by atoms with Crippen molar-refractivity contribution < 1.29 is 9.84 Å². The molecule has 0 saturated carbocycles. The third kappa shape index (κ3) is 1.43. The van der Waals surface area contributed by atoms with Crippen LogP contribution in [0.25, 0.3) is 0 Å². The number of hydrogen-bond donors (Lipinski definition) is 1. The third-order valence-electron chi connectivity index (χ3n) is 1.87. The first kappa shape index (κ1) is 7.03. The van der Waals surface area contributed by atoms with Crippen molar-refractivity contribution >= 4 is 0 Å². The molecule has 9 heavy (non-hydrogen) atoms. The van der Waals surface area contributed by atoms with Crippen LogP contribution in [0.3, 0.4) is 0 Å². The van der Waals surface area contributed by atoms with Gasteiger partial charge in [0.25, 0.3) is 0 Å². The highest BCUT2D eigenvalue weighted by atomic mass is 16.6. The van der Waals surface area contributed by atoms with Crippen LogP contribution in [-0.2, 0) is 4.74 Å². The standard InChI is InChI=1S/C7H14O2/c1-3-6-7(9-6)5(2)4-8/h5-8H,3-4H2,1-2H3/t5-,6+,7-/m0/s1. The summed E-state index contributed by atoms with van der Waals surface area (Å²) < 4.78 is 5.26. The molecule has 1 rings (SSSR count). The van der Waals surface area contributed by atoms with Crippen molar-refractivity contribution in [1.29, 1.82) is 0 Å². The molecule has 1 aliphatic heterocycles. The fraction of sp³-hybridized carbons (Fsp3) is 1.00. The molecule has 0 aromatic rings. The van der Waals surface area contributed by atoms with Crippen molar-refractivity contribution in [3.63, 3.8) is 0 Å². The van der Waals surface area contributed by atoms with Crippen LogP contribution < -0.4 is 0 Å². The Morgan fingerprint density at radius 3 is 2.67 bits per heavy atom. The predicted octanol–water partition coefficient (Wildman–Crippen LogP) is 0.792. The molecule has 0 amide bonds. The second-order valence-corrected chi connectivity index (χ2v) is 2.71. The average molecular weight is 130 g/mol. The van der Waals surface area contributed by atoms with Gasteiger partial charge in [0.15, 0.2) is 0 Å². The maximum absolute atomic E-state index is 8.68. The second-order valence-electron chi connectivity index (χ2n) is 2.71. The molecule has 1 heterocycles. The zero-order chi connectivity index (χ0) is 6.85. The van der Waals surface area contributed by atoms with Crippen molar-refractivity contribution in [2.75, 3.05) is 6.61 Å². The summed E-state index contributed by atoms with van der Waals surface area (Å²) in [5.41, 5.74) is 0. The molecule has 54 valence electrons. The summed E-state index contributed by atoms with van der Waals surface area (Å²) in [6.07, 6.45) is 1.86. The summed E-state index contributed by atoms with van der Waals surface area (Å²) in [6, 6.07) is 0. The summed E-state index contributed by atoms with van der Waals surface area (Å²) in [7, 11) is 0. The number of rotatable bonds is 3. The van der Waals surface area contributed by atoms with E-state index in [2.05, 4.69) is 6.92 Å². The van der Waals surface area contributed by atoms with E-state index in [-0.39, 0.29) is 6.61 Å². The zero-order valence-corrected chi connectivity index (χ0v) is 6.00. The highest BCUT2D eigenvalue weighted by molar-refractivity contribution is 4.87. The lowest BCUT2D eigenvalue weighted by molar-refractivity contribution is 0.204. The molecule has 1 N–H and O–H groups in total. The number of aliphatic hydroxyl groups is 1. The normalized spacial score (nSPS) is 36.3. The van der Waals surface area contributed by atoms with Gasteiger partial charge < -0.3 is 9.84 Å². The third-order valence-corrected chi connectivity index (χ3v) is 1.87. The molecular formula is C7H14O2. The van der Waals surface area contributed by atoms with E-state index in [1.165, 1.54) is 0 Å². The van der Waals surface area contributed by atoms with Gasteiger partial charge in [-0.1, -0.05) is 13.8 Å². The monoisotopic (exact) mass is 130 g/mol. The smallest absolute Gasteiger partial charge is 0.0889 e. The van der Waals surface area contributed by atoms with E-state index in [1.54, 1.807) is 0 Å². The number of epoxide rings is 1. The Kier molecular flexibility index (Phi) is 2.09. The molecule has 1 aliphatic rings. The summed E-state index contributed by atoms with van der Waals surface area (Å²) in [5, 5.41) is 8.68. The van der Waals surface area contributed by atoms with Crippen LogP contribution in [0.1, 0.15) is 20.3 Å². The minimum absolute atomic E-state index is 0.251. The van der Waals surface area contributed by atoms with Crippen molar-refractivity contribution in [2.24, 2.45) is 5.92 Å². The van der Waals surface area contributed by atoms with Crippen molar-refractivity contribution in [3.8, 4) is 0 Å². The molecule has 2 nitrogen and oxygen atoms in total. The Morgan fingerprint density at radius 1 is 1.67 bits per heavy atom. The molecule has 0 bridgehead atoms. The maximum Gasteiger partial charge on any atom is 0.0889 e. The van der Waals surface area contributed by atoms with E-state index in [0.717, 1.165) is 6.42 Å². The van der Waals surface area contributed by atoms with Crippen LogP contribution in [-0.4, -0.2) is 23.9 Å². The van der Waals surface area contributed by atoms with E-state index in [4.69, 9.17) is 9.84 Å². The van der Waals surface area contributed by atoms with Crippen LogP contribution in [0.15, 0.2) is 0 Å². The fourth-order valence-corrected chi connectivity index (χ4v) is 1.09. The second kappa shape index (κ2) is 2.67. The zero-order valence-electron chi connectivity index (χ0n) is 6.00. The quantitative estimate of drug-likeness (QED) is 0.573. The fourth-order valence-electron chi connectivity index (χ4n) is 1.09. The van der Waals surface area contributed by atoms with E-state index < -0.39 is 0 Å². The van der Waals surface area contributed by atoms with Gasteiger partial charge in [0.1, 0.15) is 0 Å². The lowest BCUT2D eigenvalue weighted by atomic mass is 10.1. The first-order valence-electron chi connectivity index (χ1n) is 3.56. The molecular weight excluding hydrogens is 116 g/mol. The van der Waals surface area contributed by atoms with Gasteiger partial charge in [-0.25, -0.2) is 0 Å². The summed E-state index contributed by atoms with van der Waals surface area (Å²) in [4.78, 5) is 0. The molecule has 1 saturated heterocycles. The summed E-state index contributed by atoms with van der Waals surface area (Å²) in [5.74, 6) is 0.329. The maximum atomic E-state index is 8.68. The Bertz CT molecular complexity index is 92.9. The van der Waals surface area contributed by atoms with Gasteiger partial charge in [0.05, 0.1) is 12.2 Å². The topological polar surface area (TPSA) is 32.8 Å². The molecule has 0 aromatic heterocycles. The molecule has 1 fully saturated rings. The highest BCUT2D eigenvalue weighted by Crippen LogP contribution is 2.31. The first-order chi connectivity index (χ1) is 4.29. The molecule has 3 atom stereocenters. The van der Waals surface area contributed by atoms with Gasteiger partial charge in [0, 0.05) is 12.5 Å². The lowest BCUT2D eigenvalue weighted by Gasteiger charge is -1.99. The van der Waals surface area contributed by atoms with Gasteiger partial charge in [0.2, 0.25) is 0 Å². The summed E-state index contributed by atoms with van der Waals surface area (Å²) in [6.45, 7) is 4.37. The molecule has 0 aromatic carbocycles. The van der Waals surface area contributed by atoms with Gasteiger partial charge >= 0.3 is 0 Å². The van der Waals surface area contributed by atoms with Gasteiger partial charge in [-0.3, -0.25) is 0 Å². The minimum atomic E-state index is 0.251. The molecule has 0 aliphatic carbocycles. The summed E-state index contributed by atoms with van der Waals surface area (Å²) >= 11 is 0. The van der Waals surface area contributed by atoms with Crippen molar-refractivity contribution in [2.45, 2.75) is 32.5 Å². The number of aliphatic hydroxyl groups excluding tert-OH is 1. The van der Waals surface area contributed by atoms with Crippen molar-refractivity contribution in [1.82, 2.24) is 0 Å². The van der Waals surface area contributed by atoms with E-state index in [0.29, 0.717) is 18.1 Å². The van der Waals surface area contributed by atoms with Crippen LogP contribution in [0.2, 0.25) is 0 Å². The Balaban J connectivity index is 2.17. The van der Waals surface area contributed by atoms with Gasteiger partial charge in [-0.2, -0.15) is 0 Å². The van der Waals surface area contributed by atoms with Crippen LogP contribution in [0, 0.1) is 5.92 Å². The van der Waals surface area contributed by atoms with E-state index in [1.807, 2.05) is 6.92 Å². The number of ether oxygens (including phenoxy) is 1. The average Bonchev–Trinajstić information content (AvgIpc) is 2.64. The van der Waals surface area contributed by atoms with E-state index >= 15 is 0 Å². The Hall–Kier alpha value is -0.0800. The largest absolute Gasteiger partial charge is 0.396 e. The minimum Gasteiger partial charge on any atom is -0.396 e. The first-order valence-corrected chi connectivity index (χ1v) is 3.56. The Morgan fingerprint density at radius 2 is 2.33 bits per heavy atom. The highest BCUT2D eigenvalue weighted by Gasteiger charge is 2.40. The molecule has 0 radical (unpaired) electrons. The Labute approximate surface area is 55.8 Å². The molecule has 0 unspecified atom stereocenters. The van der Waals surface area contributed by atoms with Crippen LogP contribution >= 0.6 is 0 Å². The molecule has 0 spiro atoms. The number of hydrogen-bond acceptors (Lipinski definition) is 2. The molecule has 2 heteroatoms. The predicted molar refractivity (Wildman–Crippen MR) is 35.2 cm³/mol. The SMILES string of the molecule is CC[C@H]1O[C@H]1[C@@H](C)CO. The van der Waals surface area contributed by atoms with Gasteiger partial charge in [-0.05, 0) is 6.42 Å². The van der Waals surface area contributed by atoms with E-state index in [9.17, 15) is 0 Å².